The molecule has 1 saturated carbocycles. The van der Waals surface area contributed by atoms with Crippen molar-refractivity contribution < 1.29 is 18.4 Å². The average molecular weight is 473 g/mol. The summed E-state index contributed by atoms with van der Waals surface area (Å²) < 4.78 is 29.4. The second-order valence-electron chi connectivity index (χ2n) is 9.59. The van der Waals surface area contributed by atoms with Crippen LogP contribution in [0.5, 0.6) is 0 Å². The van der Waals surface area contributed by atoms with Gasteiger partial charge in [0.05, 0.1) is 0 Å². The third-order valence-electron chi connectivity index (χ3n) is 7.11. The van der Waals surface area contributed by atoms with E-state index in [1.54, 1.807) is 0 Å². The maximum atomic E-state index is 13.9. The fourth-order valence-corrected chi connectivity index (χ4v) is 5.05. The molecule has 2 atom stereocenters. The van der Waals surface area contributed by atoms with Crippen molar-refractivity contribution in [1.29, 1.82) is 0 Å². The Hall–Kier alpha value is -2.77. The lowest BCUT2D eigenvalue weighted by molar-refractivity contribution is 0.0900. The topological polar surface area (TPSA) is 67.2 Å². The molecule has 0 radical (unpaired) electrons. The molecule has 1 N–H and O–H groups in total. The predicted octanol–water partition coefficient (Wildman–Crippen LogP) is 5.25. The highest BCUT2D eigenvalue weighted by Gasteiger charge is 2.33. The number of benzene rings is 1. The van der Waals surface area contributed by atoms with E-state index in [4.69, 9.17) is 4.98 Å². The average Bonchev–Trinajstić information content (AvgIpc) is 3.21. The minimum Gasteiger partial charge on any atom is -0.348 e. The van der Waals surface area contributed by atoms with Crippen molar-refractivity contribution >= 4 is 17.6 Å². The quantitative estimate of drug-likeness (QED) is 0.598. The number of hydrogen-bond donors (Lipinski definition) is 1. The predicted molar refractivity (Wildman–Crippen MR) is 127 cm³/mol. The normalized spacial score (nSPS) is 20.0. The third kappa shape index (κ3) is 5.00. The summed E-state index contributed by atoms with van der Waals surface area (Å²) >= 11 is 0. The molecule has 2 aromatic rings. The Morgan fingerprint density at radius 3 is 2.68 bits per heavy atom. The number of rotatable bonds is 7. The van der Waals surface area contributed by atoms with Crippen molar-refractivity contribution in [2.45, 2.75) is 84.2 Å². The smallest absolute Gasteiger partial charge is 0.272 e. The van der Waals surface area contributed by atoms with Crippen molar-refractivity contribution in [2.24, 2.45) is 5.92 Å². The number of anilines is 1. The van der Waals surface area contributed by atoms with Crippen LogP contribution in [0.25, 0.3) is 0 Å². The largest absolute Gasteiger partial charge is 0.348 e. The number of halogens is 2. The molecular formula is C26H34F2N4O2. The molecule has 1 aliphatic carbocycles. The number of nitrogens with one attached hydrogen (secondary N) is 1. The van der Waals surface area contributed by atoms with Gasteiger partial charge in [-0.3, -0.25) is 14.5 Å². The Labute approximate surface area is 199 Å². The molecule has 2 amide bonds. The first kappa shape index (κ1) is 24.4. The highest BCUT2D eigenvalue weighted by Crippen LogP contribution is 2.30. The zero-order chi connectivity index (χ0) is 24.2. The third-order valence-corrected chi connectivity index (χ3v) is 7.11. The standard InChI is InChI=1S/C26H34F2N4O2/c1-3-4-14-32(26(34)18-12-13-19(27)20(28)16-18)24-23(31-15-8-7-11-22(31)30-24)25(33)29-21-10-6-5-9-17(21)2/h12-13,16-17,21H,3-11,14-15H2,1-2H3,(H,29,33). The molecule has 4 rings (SSSR count). The van der Waals surface area contributed by atoms with Crippen molar-refractivity contribution in [2.75, 3.05) is 11.4 Å². The van der Waals surface area contributed by atoms with Crippen LogP contribution in [0.1, 0.15) is 91.9 Å². The lowest BCUT2D eigenvalue weighted by atomic mass is 9.86. The van der Waals surface area contributed by atoms with Gasteiger partial charge < -0.3 is 9.88 Å². The van der Waals surface area contributed by atoms with Gasteiger partial charge in [-0.2, -0.15) is 0 Å². The second-order valence-corrected chi connectivity index (χ2v) is 9.59. The molecule has 0 saturated heterocycles. The summed E-state index contributed by atoms with van der Waals surface area (Å²) in [4.78, 5) is 33.4. The van der Waals surface area contributed by atoms with E-state index >= 15 is 0 Å². The summed E-state index contributed by atoms with van der Waals surface area (Å²) in [5.41, 5.74) is 0.438. The van der Waals surface area contributed by atoms with E-state index in [2.05, 4.69) is 12.2 Å². The molecule has 2 aliphatic rings. The van der Waals surface area contributed by atoms with Gasteiger partial charge in [-0.15, -0.1) is 0 Å². The molecule has 6 nitrogen and oxygen atoms in total. The Balaban J connectivity index is 1.73. The lowest BCUT2D eigenvalue weighted by Crippen LogP contribution is -2.43. The molecule has 1 aliphatic heterocycles. The first-order valence-electron chi connectivity index (χ1n) is 12.6. The molecule has 1 aromatic carbocycles. The molecule has 2 unspecified atom stereocenters. The Kier molecular flexibility index (Phi) is 7.63. The number of aryl methyl sites for hydroxylation is 1. The Morgan fingerprint density at radius 1 is 1.15 bits per heavy atom. The first-order valence-corrected chi connectivity index (χ1v) is 12.6. The number of carbonyl (C=O) groups is 2. The summed E-state index contributed by atoms with van der Waals surface area (Å²) in [6.07, 6.45) is 8.46. The van der Waals surface area contributed by atoms with E-state index in [-0.39, 0.29) is 17.5 Å². The van der Waals surface area contributed by atoms with Crippen LogP contribution in [0, 0.1) is 17.6 Å². The number of hydrogen-bond acceptors (Lipinski definition) is 3. The molecule has 2 heterocycles. The van der Waals surface area contributed by atoms with E-state index in [9.17, 15) is 18.4 Å². The Bertz CT molecular complexity index is 1050. The van der Waals surface area contributed by atoms with Gasteiger partial charge in [0.2, 0.25) is 0 Å². The minimum absolute atomic E-state index is 0.0354. The number of aromatic nitrogens is 2. The number of nitrogens with zero attached hydrogens (tertiary/aromatic N) is 3. The summed E-state index contributed by atoms with van der Waals surface area (Å²) in [6.45, 7) is 5.19. The van der Waals surface area contributed by atoms with Crippen LogP contribution in [-0.4, -0.2) is 34.0 Å². The van der Waals surface area contributed by atoms with Crippen LogP contribution >= 0.6 is 0 Å². The SMILES string of the molecule is CCCCN(C(=O)c1ccc(F)c(F)c1)c1nc2n(c1C(=O)NC1CCCCC1C)CCCC2. The molecule has 184 valence electrons. The fourth-order valence-electron chi connectivity index (χ4n) is 5.05. The van der Waals surface area contributed by atoms with Crippen molar-refractivity contribution in [3.05, 3.63) is 46.9 Å². The molecular weight excluding hydrogens is 438 g/mol. The van der Waals surface area contributed by atoms with Gasteiger partial charge in [0.15, 0.2) is 23.1 Å². The van der Waals surface area contributed by atoms with Crippen LogP contribution in [0.4, 0.5) is 14.6 Å². The van der Waals surface area contributed by atoms with Crippen molar-refractivity contribution in [1.82, 2.24) is 14.9 Å². The highest BCUT2D eigenvalue weighted by atomic mass is 19.2. The molecule has 8 heteroatoms. The van der Waals surface area contributed by atoms with E-state index in [1.165, 1.54) is 17.4 Å². The monoisotopic (exact) mass is 472 g/mol. The molecule has 34 heavy (non-hydrogen) atoms. The zero-order valence-corrected chi connectivity index (χ0v) is 20.1. The maximum absolute atomic E-state index is 13.9. The fraction of sp³-hybridized carbons (Fsp3) is 0.577. The van der Waals surface area contributed by atoms with E-state index in [0.717, 1.165) is 62.9 Å². The van der Waals surface area contributed by atoms with Gasteiger partial charge in [0.25, 0.3) is 11.8 Å². The van der Waals surface area contributed by atoms with Gasteiger partial charge in [0, 0.05) is 31.1 Å². The summed E-state index contributed by atoms with van der Waals surface area (Å²) in [5.74, 6) is -1.27. The van der Waals surface area contributed by atoms with Gasteiger partial charge >= 0.3 is 0 Å². The minimum atomic E-state index is -1.07. The van der Waals surface area contributed by atoms with Crippen LogP contribution in [0.15, 0.2) is 18.2 Å². The van der Waals surface area contributed by atoms with E-state index in [0.29, 0.717) is 36.9 Å². The van der Waals surface area contributed by atoms with Gasteiger partial charge in [-0.25, -0.2) is 13.8 Å². The number of imidazole rings is 1. The van der Waals surface area contributed by atoms with Gasteiger partial charge in [-0.05, 0) is 56.2 Å². The summed E-state index contributed by atoms with van der Waals surface area (Å²) in [7, 11) is 0. The van der Waals surface area contributed by atoms with Crippen LogP contribution in [-0.2, 0) is 13.0 Å². The highest BCUT2D eigenvalue weighted by molar-refractivity contribution is 6.09. The van der Waals surface area contributed by atoms with Crippen molar-refractivity contribution in [3.8, 4) is 0 Å². The number of carbonyl (C=O) groups excluding carboxylic acids is 2. The van der Waals surface area contributed by atoms with Gasteiger partial charge in [0.1, 0.15) is 5.82 Å². The van der Waals surface area contributed by atoms with Crippen molar-refractivity contribution in [3.63, 3.8) is 0 Å². The lowest BCUT2D eigenvalue weighted by Gasteiger charge is -2.30. The number of amides is 2. The molecule has 1 fully saturated rings. The number of unbranched alkanes of at least 4 members (excludes halogenated alkanes) is 1. The molecule has 1 aromatic heterocycles. The van der Waals surface area contributed by atoms with E-state index in [1.807, 2.05) is 11.5 Å². The van der Waals surface area contributed by atoms with E-state index < -0.39 is 17.5 Å². The summed E-state index contributed by atoms with van der Waals surface area (Å²) in [6, 6.07) is 3.24. The van der Waals surface area contributed by atoms with Crippen LogP contribution < -0.4 is 10.2 Å². The van der Waals surface area contributed by atoms with Crippen LogP contribution in [0.3, 0.4) is 0 Å². The van der Waals surface area contributed by atoms with Crippen LogP contribution in [0.2, 0.25) is 0 Å². The second kappa shape index (κ2) is 10.7. The summed E-state index contributed by atoms with van der Waals surface area (Å²) in [5, 5.41) is 3.22. The maximum Gasteiger partial charge on any atom is 0.272 e. The Morgan fingerprint density at radius 2 is 1.94 bits per heavy atom. The molecule has 0 bridgehead atoms. The van der Waals surface area contributed by atoms with Gasteiger partial charge in [-0.1, -0.05) is 33.1 Å². The molecule has 0 spiro atoms. The number of fused-ring (bicyclic) bond motifs is 1. The first-order chi connectivity index (χ1) is 16.4. The zero-order valence-electron chi connectivity index (χ0n) is 20.1.